The second-order valence-electron chi connectivity index (χ2n) is 12.8. The van der Waals surface area contributed by atoms with E-state index in [0.29, 0.717) is 12.0 Å². The third kappa shape index (κ3) is 4.73. The number of rotatable bonds is 7. The number of likely N-dealkylation sites (tertiary alicyclic amines) is 1. The lowest BCUT2D eigenvalue weighted by Gasteiger charge is -2.51. The summed E-state index contributed by atoms with van der Waals surface area (Å²) in [4.78, 5) is 54.8. The van der Waals surface area contributed by atoms with Gasteiger partial charge in [0.2, 0.25) is 11.8 Å². The van der Waals surface area contributed by atoms with E-state index >= 15 is 0 Å². The third-order valence-electron chi connectivity index (χ3n) is 10.4. The SMILES string of the molecule is COc1cc(O)cc(OC)c1[C@H]1C2=CC[C@@H]3C(=O)N(CCc4ccc(O)cc4)C(=O)[C@@H]3[C@@H]2C[C@@]2(Cl)C(=O)N(c3ccc(F)cc3)C(=O)[C@@]12Cl. The van der Waals surface area contributed by atoms with Gasteiger partial charge >= 0.3 is 0 Å². The Balaban J connectivity index is 1.37. The number of alkyl halides is 2. The Morgan fingerprint density at radius 3 is 2.10 bits per heavy atom. The summed E-state index contributed by atoms with van der Waals surface area (Å²) in [5.41, 5.74) is 1.61. The largest absolute Gasteiger partial charge is 0.508 e. The molecule has 1 saturated carbocycles. The molecule has 4 amide bonds. The zero-order chi connectivity index (χ0) is 35.0. The lowest BCUT2D eigenvalue weighted by Crippen LogP contribution is -2.60. The molecule has 3 aromatic carbocycles. The Morgan fingerprint density at radius 1 is 0.857 bits per heavy atom. The number of aromatic hydroxyl groups is 2. The smallest absolute Gasteiger partial charge is 0.258 e. The fourth-order valence-electron chi connectivity index (χ4n) is 8.11. The summed E-state index contributed by atoms with van der Waals surface area (Å²) in [5.74, 6) is -6.71. The first-order valence-corrected chi connectivity index (χ1v) is 16.4. The van der Waals surface area contributed by atoms with Gasteiger partial charge in [-0.3, -0.25) is 24.1 Å². The number of imide groups is 2. The highest BCUT2D eigenvalue weighted by molar-refractivity contribution is 6.58. The van der Waals surface area contributed by atoms with Crippen molar-refractivity contribution in [3.8, 4) is 23.0 Å². The van der Waals surface area contributed by atoms with Crippen LogP contribution in [-0.2, 0) is 25.6 Å². The van der Waals surface area contributed by atoms with Crippen molar-refractivity contribution >= 4 is 52.5 Å². The number of allylic oxidation sites excluding steroid dienone is 2. The highest BCUT2D eigenvalue weighted by Gasteiger charge is 2.77. The van der Waals surface area contributed by atoms with Crippen LogP contribution < -0.4 is 14.4 Å². The zero-order valence-electron chi connectivity index (χ0n) is 26.4. The predicted molar refractivity (Wildman–Crippen MR) is 176 cm³/mol. The summed E-state index contributed by atoms with van der Waals surface area (Å²) in [6.07, 6.45) is 2.05. The lowest BCUT2D eigenvalue weighted by atomic mass is 9.56. The molecule has 2 aliphatic carbocycles. The van der Waals surface area contributed by atoms with Gasteiger partial charge in [0.05, 0.1) is 31.7 Å². The van der Waals surface area contributed by atoms with Crippen LogP contribution in [0.3, 0.4) is 0 Å². The first kappa shape index (κ1) is 32.9. The molecule has 0 bridgehead atoms. The summed E-state index contributed by atoms with van der Waals surface area (Å²) in [5, 5.41) is 20.1. The molecule has 0 spiro atoms. The number of carbonyl (C=O) groups is 4. The van der Waals surface area contributed by atoms with Crippen molar-refractivity contribution in [2.75, 3.05) is 25.7 Å². The molecule has 2 heterocycles. The number of ether oxygens (including phenoxy) is 2. The molecule has 2 aliphatic heterocycles. The van der Waals surface area contributed by atoms with Gasteiger partial charge in [0, 0.05) is 30.2 Å². The molecule has 13 heteroatoms. The molecule has 2 N–H and O–H groups in total. The molecular weight excluding hydrogens is 678 g/mol. The first-order valence-electron chi connectivity index (χ1n) is 15.7. The third-order valence-corrected chi connectivity index (χ3v) is 11.8. The number of hydrogen-bond acceptors (Lipinski definition) is 8. The van der Waals surface area contributed by atoms with Crippen molar-refractivity contribution < 1.29 is 43.3 Å². The molecule has 2 saturated heterocycles. The minimum Gasteiger partial charge on any atom is -0.508 e. The Bertz CT molecular complexity index is 1910. The van der Waals surface area contributed by atoms with E-state index in [4.69, 9.17) is 32.7 Å². The Morgan fingerprint density at radius 2 is 1.49 bits per heavy atom. The van der Waals surface area contributed by atoms with E-state index in [1.165, 1.54) is 55.5 Å². The number of anilines is 1. The number of amides is 4. The molecule has 3 aromatic rings. The molecule has 0 aromatic heterocycles. The van der Waals surface area contributed by atoms with Crippen LogP contribution in [0.4, 0.5) is 10.1 Å². The summed E-state index contributed by atoms with van der Waals surface area (Å²) < 4.78 is 25.3. The van der Waals surface area contributed by atoms with Crippen LogP contribution in [-0.4, -0.2) is 69.3 Å². The van der Waals surface area contributed by atoms with E-state index < -0.39 is 57.0 Å². The van der Waals surface area contributed by atoms with Gasteiger partial charge in [-0.1, -0.05) is 23.8 Å². The zero-order valence-corrected chi connectivity index (χ0v) is 27.9. The minimum absolute atomic E-state index is 0.0524. The standard InChI is InChI=1S/C36H31Cl2FN2O8/c1-48-26-15-22(43)16-27(49-2)29(26)30-23-11-12-24-28(32(45)40(31(24)44)14-13-18-3-9-21(42)10-4-18)25(23)17-35(37)33(46)41(34(47)36(30,35)38)20-7-5-19(39)6-8-20/h3-11,15-16,24-25,28,30,42-43H,12-14,17H2,1-2H3/t24-,25+,28-,30+,35+,36-/m0/s1. The summed E-state index contributed by atoms with van der Waals surface area (Å²) in [6, 6.07) is 13.9. The highest BCUT2D eigenvalue weighted by Crippen LogP contribution is 2.67. The molecule has 7 rings (SSSR count). The van der Waals surface area contributed by atoms with Crippen LogP contribution in [0.1, 0.15) is 29.9 Å². The van der Waals surface area contributed by atoms with Crippen molar-refractivity contribution in [1.29, 1.82) is 0 Å². The molecule has 0 unspecified atom stereocenters. The maximum atomic E-state index is 14.6. The molecule has 4 aliphatic rings. The van der Waals surface area contributed by atoms with Crippen LogP contribution in [0.5, 0.6) is 23.0 Å². The monoisotopic (exact) mass is 708 g/mol. The average molecular weight is 710 g/mol. The van der Waals surface area contributed by atoms with Crippen LogP contribution in [0, 0.1) is 23.6 Å². The summed E-state index contributed by atoms with van der Waals surface area (Å²) >= 11 is 14.9. The number of nitrogens with zero attached hydrogens (tertiary/aromatic N) is 2. The van der Waals surface area contributed by atoms with Gasteiger partial charge in [-0.05, 0) is 67.1 Å². The quantitative estimate of drug-likeness (QED) is 0.198. The van der Waals surface area contributed by atoms with Gasteiger partial charge in [0.15, 0.2) is 9.75 Å². The first-order chi connectivity index (χ1) is 23.3. The molecule has 254 valence electrons. The minimum atomic E-state index is -2.21. The van der Waals surface area contributed by atoms with Gasteiger partial charge in [-0.2, -0.15) is 0 Å². The summed E-state index contributed by atoms with van der Waals surface area (Å²) in [7, 11) is 2.71. The number of carbonyl (C=O) groups excluding carboxylic acids is 4. The fraction of sp³-hybridized carbons (Fsp3) is 0.333. The lowest BCUT2D eigenvalue weighted by molar-refractivity contribution is -0.140. The number of hydrogen-bond donors (Lipinski definition) is 2. The average Bonchev–Trinajstić information content (AvgIpc) is 3.42. The fourth-order valence-corrected chi connectivity index (χ4v) is 9.03. The molecular formula is C36H31Cl2FN2O8. The van der Waals surface area contributed by atoms with E-state index in [0.717, 1.165) is 22.6 Å². The van der Waals surface area contributed by atoms with Gasteiger partial charge in [-0.15, -0.1) is 23.2 Å². The second kappa shape index (κ2) is 11.8. The van der Waals surface area contributed by atoms with Gasteiger partial charge in [-0.25, -0.2) is 9.29 Å². The van der Waals surface area contributed by atoms with Crippen molar-refractivity contribution in [2.45, 2.75) is 34.9 Å². The Kier molecular flexibility index (Phi) is 7.91. The van der Waals surface area contributed by atoms with Crippen molar-refractivity contribution in [3.63, 3.8) is 0 Å². The van der Waals surface area contributed by atoms with Gasteiger partial charge in [0.25, 0.3) is 11.8 Å². The molecule has 6 atom stereocenters. The predicted octanol–water partition coefficient (Wildman–Crippen LogP) is 5.06. The van der Waals surface area contributed by atoms with Crippen molar-refractivity contribution in [2.24, 2.45) is 17.8 Å². The molecule has 0 radical (unpaired) electrons. The van der Waals surface area contributed by atoms with E-state index in [1.54, 1.807) is 18.2 Å². The Labute approximate surface area is 290 Å². The number of phenolic OH excluding ortho intramolecular Hbond substituents is 2. The van der Waals surface area contributed by atoms with Crippen molar-refractivity contribution in [3.05, 3.63) is 89.3 Å². The molecule has 10 nitrogen and oxygen atoms in total. The number of fused-ring (bicyclic) bond motifs is 4. The van der Waals surface area contributed by atoms with E-state index in [9.17, 15) is 33.8 Å². The highest BCUT2D eigenvalue weighted by atomic mass is 35.5. The van der Waals surface area contributed by atoms with E-state index in [1.807, 2.05) is 0 Å². The maximum absolute atomic E-state index is 14.6. The number of benzene rings is 3. The Hall–Kier alpha value is -4.61. The summed E-state index contributed by atoms with van der Waals surface area (Å²) in [6.45, 7) is 0.0990. The van der Waals surface area contributed by atoms with Gasteiger partial charge in [0.1, 0.15) is 28.8 Å². The van der Waals surface area contributed by atoms with E-state index in [-0.39, 0.29) is 59.5 Å². The topological polar surface area (TPSA) is 134 Å². The molecule has 49 heavy (non-hydrogen) atoms. The number of halogens is 3. The van der Waals surface area contributed by atoms with Crippen LogP contribution in [0.15, 0.2) is 72.3 Å². The van der Waals surface area contributed by atoms with Gasteiger partial charge < -0.3 is 19.7 Å². The van der Waals surface area contributed by atoms with E-state index in [2.05, 4.69) is 0 Å². The normalized spacial score (nSPS) is 29.0. The van der Waals surface area contributed by atoms with Crippen LogP contribution in [0.2, 0.25) is 0 Å². The number of methoxy groups -OCH3 is 2. The van der Waals surface area contributed by atoms with Crippen LogP contribution in [0.25, 0.3) is 0 Å². The van der Waals surface area contributed by atoms with Crippen molar-refractivity contribution in [1.82, 2.24) is 4.90 Å². The second-order valence-corrected chi connectivity index (χ2v) is 14.0. The number of phenols is 2. The molecule has 3 fully saturated rings. The maximum Gasteiger partial charge on any atom is 0.258 e. The van der Waals surface area contributed by atoms with Crippen LogP contribution >= 0.6 is 23.2 Å².